The minimum Gasteiger partial charge on any atom is -0.489 e. The SMILES string of the molecule is CC.CCC.Nc1ccc(OCc2ccccc2)cc1CCO. The van der Waals surface area contributed by atoms with Crippen LogP contribution in [0.3, 0.4) is 0 Å². The van der Waals surface area contributed by atoms with Crippen molar-refractivity contribution in [1.82, 2.24) is 0 Å². The molecule has 2 aromatic carbocycles. The van der Waals surface area contributed by atoms with Crippen LogP contribution >= 0.6 is 0 Å². The van der Waals surface area contributed by atoms with Crippen molar-refractivity contribution >= 4 is 5.69 Å². The summed E-state index contributed by atoms with van der Waals surface area (Å²) in [6.07, 6.45) is 1.80. The first-order valence-electron chi connectivity index (χ1n) is 8.37. The quantitative estimate of drug-likeness (QED) is 0.777. The maximum Gasteiger partial charge on any atom is 0.120 e. The molecule has 0 radical (unpaired) electrons. The standard InChI is InChI=1S/C15H17NO2.C3H8.C2H6/c16-15-7-6-14(10-13(15)8-9-17)18-11-12-4-2-1-3-5-12;1-3-2;1-2/h1-7,10,17H,8-9,11,16H2;3H2,1-2H3;1-2H3. The van der Waals surface area contributed by atoms with Crippen LogP contribution in [-0.4, -0.2) is 11.7 Å². The first-order valence-corrected chi connectivity index (χ1v) is 8.37. The summed E-state index contributed by atoms with van der Waals surface area (Å²) < 4.78 is 5.70. The molecule has 0 aliphatic carbocycles. The van der Waals surface area contributed by atoms with E-state index in [1.54, 1.807) is 0 Å². The van der Waals surface area contributed by atoms with Crippen LogP contribution in [0.25, 0.3) is 0 Å². The predicted molar refractivity (Wildman–Crippen MR) is 99.7 cm³/mol. The average Bonchev–Trinajstić information content (AvgIpc) is 2.59. The van der Waals surface area contributed by atoms with E-state index < -0.39 is 0 Å². The minimum absolute atomic E-state index is 0.0896. The van der Waals surface area contributed by atoms with Crippen LogP contribution in [0.15, 0.2) is 48.5 Å². The van der Waals surface area contributed by atoms with Crippen molar-refractivity contribution in [2.24, 2.45) is 0 Å². The second-order valence-electron chi connectivity index (χ2n) is 4.82. The average molecular weight is 317 g/mol. The summed E-state index contributed by atoms with van der Waals surface area (Å²) in [7, 11) is 0. The summed E-state index contributed by atoms with van der Waals surface area (Å²) in [5.41, 5.74) is 8.55. The molecular formula is C20H31NO2. The number of hydrogen-bond acceptors (Lipinski definition) is 3. The molecule has 3 heteroatoms. The van der Waals surface area contributed by atoms with Gasteiger partial charge in [-0.3, -0.25) is 0 Å². The van der Waals surface area contributed by atoms with Crippen LogP contribution in [-0.2, 0) is 13.0 Å². The molecule has 2 aromatic rings. The number of aliphatic hydroxyl groups excluding tert-OH is 1. The van der Waals surface area contributed by atoms with E-state index in [4.69, 9.17) is 15.6 Å². The molecule has 0 spiro atoms. The Morgan fingerprint density at radius 3 is 2.17 bits per heavy atom. The van der Waals surface area contributed by atoms with Crippen LogP contribution in [0.4, 0.5) is 5.69 Å². The molecule has 0 amide bonds. The fraction of sp³-hybridized carbons (Fsp3) is 0.400. The lowest BCUT2D eigenvalue weighted by Gasteiger charge is -2.09. The molecule has 3 N–H and O–H groups in total. The van der Waals surface area contributed by atoms with Gasteiger partial charge >= 0.3 is 0 Å². The number of rotatable bonds is 5. The molecule has 0 saturated carbocycles. The summed E-state index contributed by atoms with van der Waals surface area (Å²) in [4.78, 5) is 0. The summed E-state index contributed by atoms with van der Waals surface area (Å²) in [5.74, 6) is 0.775. The number of ether oxygens (including phenoxy) is 1. The van der Waals surface area contributed by atoms with Gasteiger partial charge in [-0.05, 0) is 35.7 Å². The van der Waals surface area contributed by atoms with Crippen LogP contribution in [0.5, 0.6) is 5.75 Å². The third kappa shape index (κ3) is 8.89. The van der Waals surface area contributed by atoms with Gasteiger partial charge < -0.3 is 15.6 Å². The number of benzene rings is 2. The highest BCUT2D eigenvalue weighted by atomic mass is 16.5. The zero-order valence-corrected chi connectivity index (χ0v) is 14.9. The van der Waals surface area contributed by atoms with Gasteiger partial charge in [-0.1, -0.05) is 64.4 Å². The zero-order valence-electron chi connectivity index (χ0n) is 14.9. The Bertz CT molecular complexity index is 512. The molecule has 3 nitrogen and oxygen atoms in total. The monoisotopic (exact) mass is 317 g/mol. The van der Waals surface area contributed by atoms with Crippen molar-refractivity contribution in [3.05, 3.63) is 59.7 Å². The van der Waals surface area contributed by atoms with Gasteiger partial charge in [0.2, 0.25) is 0 Å². The van der Waals surface area contributed by atoms with E-state index >= 15 is 0 Å². The number of hydrogen-bond donors (Lipinski definition) is 2. The topological polar surface area (TPSA) is 55.5 Å². The molecule has 23 heavy (non-hydrogen) atoms. The molecular weight excluding hydrogens is 286 g/mol. The second-order valence-corrected chi connectivity index (χ2v) is 4.82. The summed E-state index contributed by atoms with van der Waals surface area (Å²) in [6.45, 7) is 8.87. The highest BCUT2D eigenvalue weighted by molar-refractivity contribution is 5.50. The minimum atomic E-state index is 0.0896. The molecule has 0 saturated heterocycles. The highest BCUT2D eigenvalue weighted by Crippen LogP contribution is 2.21. The van der Waals surface area contributed by atoms with Crippen molar-refractivity contribution < 1.29 is 9.84 Å². The molecule has 2 rings (SSSR count). The Kier molecular flexibility index (Phi) is 12.5. The normalized spacial score (nSPS) is 9.09. The lowest BCUT2D eigenvalue weighted by Crippen LogP contribution is -2.00. The summed E-state index contributed by atoms with van der Waals surface area (Å²) in [5, 5.41) is 8.95. The molecule has 0 fully saturated rings. The van der Waals surface area contributed by atoms with Crippen molar-refractivity contribution in [3.8, 4) is 5.75 Å². The van der Waals surface area contributed by atoms with E-state index in [0.29, 0.717) is 18.7 Å². The third-order valence-corrected chi connectivity index (χ3v) is 2.74. The molecule has 0 aliphatic heterocycles. The number of nitrogen functional groups attached to an aromatic ring is 1. The molecule has 0 bridgehead atoms. The lowest BCUT2D eigenvalue weighted by atomic mass is 10.1. The first-order chi connectivity index (χ1) is 11.2. The first kappa shape index (κ1) is 21.0. The van der Waals surface area contributed by atoms with Gasteiger partial charge in [0.15, 0.2) is 0 Å². The highest BCUT2D eigenvalue weighted by Gasteiger charge is 2.02. The number of nitrogens with two attached hydrogens (primary N) is 1. The van der Waals surface area contributed by atoms with Gasteiger partial charge in [0.1, 0.15) is 12.4 Å². The van der Waals surface area contributed by atoms with Crippen molar-refractivity contribution in [3.63, 3.8) is 0 Å². The molecule has 128 valence electrons. The van der Waals surface area contributed by atoms with Crippen LogP contribution in [0.2, 0.25) is 0 Å². The van der Waals surface area contributed by atoms with E-state index in [0.717, 1.165) is 16.9 Å². The maximum absolute atomic E-state index is 8.95. The lowest BCUT2D eigenvalue weighted by molar-refractivity contribution is 0.297. The van der Waals surface area contributed by atoms with Crippen molar-refractivity contribution in [1.29, 1.82) is 0 Å². The summed E-state index contributed by atoms with van der Waals surface area (Å²) in [6, 6.07) is 15.5. The van der Waals surface area contributed by atoms with Gasteiger partial charge in [0.05, 0.1) is 0 Å². The molecule has 0 unspecified atom stereocenters. The van der Waals surface area contributed by atoms with E-state index in [-0.39, 0.29) is 6.61 Å². The molecule has 0 heterocycles. The maximum atomic E-state index is 8.95. The number of aliphatic hydroxyl groups is 1. The van der Waals surface area contributed by atoms with E-state index in [1.807, 2.05) is 62.4 Å². The van der Waals surface area contributed by atoms with E-state index in [1.165, 1.54) is 6.42 Å². The Labute approximate surface area is 141 Å². The van der Waals surface area contributed by atoms with Gasteiger partial charge in [0.25, 0.3) is 0 Å². The molecule has 0 atom stereocenters. The number of anilines is 1. The van der Waals surface area contributed by atoms with Gasteiger partial charge in [-0.25, -0.2) is 0 Å². The largest absolute Gasteiger partial charge is 0.489 e. The van der Waals surface area contributed by atoms with Gasteiger partial charge in [-0.2, -0.15) is 0 Å². The van der Waals surface area contributed by atoms with Crippen LogP contribution < -0.4 is 10.5 Å². The fourth-order valence-electron chi connectivity index (χ4n) is 1.75. The van der Waals surface area contributed by atoms with Crippen molar-refractivity contribution in [2.45, 2.75) is 47.1 Å². The Balaban J connectivity index is 0.000000868. The summed E-state index contributed by atoms with van der Waals surface area (Å²) >= 11 is 0. The fourth-order valence-corrected chi connectivity index (χ4v) is 1.75. The van der Waals surface area contributed by atoms with Gasteiger partial charge in [0, 0.05) is 12.3 Å². The van der Waals surface area contributed by atoms with Gasteiger partial charge in [-0.15, -0.1) is 0 Å². The molecule has 0 aromatic heterocycles. The van der Waals surface area contributed by atoms with Crippen LogP contribution in [0.1, 0.15) is 45.2 Å². The Morgan fingerprint density at radius 1 is 1.00 bits per heavy atom. The Morgan fingerprint density at radius 2 is 1.61 bits per heavy atom. The van der Waals surface area contributed by atoms with Crippen molar-refractivity contribution in [2.75, 3.05) is 12.3 Å². The Hall–Kier alpha value is -2.00. The zero-order chi connectivity index (χ0) is 17.5. The van der Waals surface area contributed by atoms with E-state index in [9.17, 15) is 0 Å². The third-order valence-electron chi connectivity index (χ3n) is 2.74. The smallest absolute Gasteiger partial charge is 0.120 e. The van der Waals surface area contributed by atoms with E-state index in [2.05, 4.69) is 13.8 Å². The molecule has 0 aliphatic rings. The van der Waals surface area contributed by atoms with Crippen LogP contribution in [0, 0.1) is 0 Å². The second kappa shape index (κ2) is 13.6. The predicted octanol–water partition coefficient (Wildman–Crippen LogP) is 4.83.